The summed E-state index contributed by atoms with van der Waals surface area (Å²) in [5.41, 5.74) is -1.12. The van der Waals surface area contributed by atoms with E-state index < -0.39 is 15.4 Å². The van der Waals surface area contributed by atoms with Gasteiger partial charge in [0.25, 0.3) is 0 Å². The Hall–Kier alpha value is -1.31. The minimum Gasteiger partial charge on any atom is -0.373 e. The van der Waals surface area contributed by atoms with Gasteiger partial charge in [-0.3, -0.25) is 0 Å². The fraction of sp³-hybridized carbons (Fsp3) is 0.273. The molecule has 0 saturated carbocycles. The number of rotatable bonds is 0. The van der Waals surface area contributed by atoms with Gasteiger partial charge in [-0.05, 0) is 6.07 Å². The summed E-state index contributed by atoms with van der Waals surface area (Å²) >= 11 is 0. The van der Waals surface area contributed by atoms with Crippen molar-refractivity contribution in [1.29, 1.82) is 0 Å². The lowest BCUT2D eigenvalue weighted by atomic mass is 9.91. The molecule has 1 aliphatic rings. The summed E-state index contributed by atoms with van der Waals surface area (Å²) in [6.07, 6.45) is 5.30. The van der Waals surface area contributed by atoms with E-state index in [1.165, 1.54) is 6.07 Å². The molecule has 0 spiro atoms. The van der Waals surface area contributed by atoms with Crippen LogP contribution in [0.4, 0.5) is 0 Å². The minimum absolute atomic E-state index is 0.0584. The Morgan fingerprint density at radius 2 is 2.07 bits per heavy atom. The molecular weight excluding hydrogens is 212 g/mol. The minimum atomic E-state index is -3.28. The fourth-order valence-corrected chi connectivity index (χ4v) is 3.40. The Balaban J connectivity index is 2.76. The van der Waals surface area contributed by atoms with E-state index in [9.17, 15) is 13.5 Å². The highest BCUT2D eigenvalue weighted by molar-refractivity contribution is 7.91. The van der Waals surface area contributed by atoms with E-state index in [4.69, 9.17) is 6.42 Å². The normalized spacial score (nSPS) is 27.7. The van der Waals surface area contributed by atoms with Gasteiger partial charge in [-0.1, -0.05) is 24.1 Å². The zero-order chi connectivity index (χ0) is 11.1. The molecule has 0 aliphatic carbocycles. The smallest absolute Gasteiger partial charge is 0.178 e. The van der Waals surface area contributed by atoms with Crippen molar-refractivity contribution in [3.8, 4) is 12.3 Å². The molecule has 4 heteroatoms. The number of aliphatic hydroxyl groups is 1. The van der Waals surface area contributed by atoms with Crippen LogP contribution in [0.15, 0.2) is 29.2 Å². The van der Waals surface area contributed by atoms with Crippen LogP contribution in [0.2, 0.25) is 0 Å². The van der Waals surface area contributed by atoms with Gasteiger partial charge in [-0.2, -0.15) is 0 Å². The molecule has 15 heavy (non-hydrogen) atoms. The van der Waals surface area contributed by atoms with Gasteiger partial charge in [0, 0.05) is 12.0 Å². The van der Waals surface area contributed by atoms with Crippen molar-refractivity contribution in [2.24, 2.45) is 0 Å². The van der Waals surface area contributed by atoms with E-state index in [-0.39, 0.29) is 17.1 Å². The average Bonchev–Trinajstić information content (AvgIpc) is 2.25. The maximum atomic E-state index is 11.7. The molecule has 2 rings (SSSR count). The molecule has 0 fully saturated rings. The Bertz CT molecular complexity index is 539. The van der Waals surface area contributed by atoms with Crippen LogP contribution in [-0.4, -0.2) is 19.3 Å². The quantitative estimate of drug-likeness (QED) is 0.657. The van der Waals surface area contributed by atoms with E-state index in [0.717, 1.165) is 0 Å². The summed E-state index contributed by atoms with van der Waals surface area (Å²) in [6.45, 7) is 0. The summed E-state index contributed by atoms with van der Waals surface area (Å²) in [6, 6.07) is 6.33. The number of benzene rings is 1. The lowest BCUT2D eigenvalue weighted by molar-refractivity contribution is 0.0912. The lowest BCUT2D eigenvalue weighted by Crippen LogP contribution is -2.33. The highest BCUT2D eigenvalue weighted by Crippen LogP contribution is 2.36. The van der Waals surface area contributed by atoms with Crippen molar-refractivity contribution in [2.45, 2.75) is 16.9 Å². The van der Waals surface area contributed by atoms with Crippen molar-refractivity contribution in [3.05, 3.63) is 29.8 Å². The monoisotopic (exact) mass is 222 g/mol. The van der Waals surface area contributed by atoms with Gasteiger partial charge in [0.2, 0.25) is 0 Å². The molecule has 0 radical (unpaired) electrons. The first-order valence-corrected chi connectivity index (χ1v) is 6.17. The van der Waals surface area contributed by atoms with Crippen LogP contribution >= 0.6 is 0 Å². The summed E-state index contributed by atoms with van der Waals surface area (Å²) in [7, 11) is -3.28. The molecule has 0 aromatic heterocycles. The molecule has 1 unspecified atom stereocenters. The topological polar surface area (TPSA) is 54.4 Å². The van der Waals surface area contributed by atoms with E-state index >= 15 is 0 Å². The molecule has 0 bridgehead atoms. The molecule has 3 nitrogen and oxygen atoms in total. The molecule has 1 heterocycles. The molecule has 78 valence electrons. The Kier molecular flexibility index (Phi) is 2.10. The molecule has 1 aromatic rings. The van der Waals surface area contributed by atoms with Crippen molar-refractivity contribution in [3.63, 3.8) is 0 Å². The maximum absolute atomic E-state index is 11.7. The van der Waals surface area contributed by atoms with Gasteiger partial charge < -0.3 is 5.11 Å². The first kappa shape index (κ1) is 10.2. The van der Waals surface area contributed by atoms with Crippen LogP contribution in [-0.2, 0) is 15.4 Å². The average molecular weight is 222 g/mol. The van der Waals surface area contributed by atoms with Crippen molar-refractivity contribution in [1.82, 2.24) is 0 Å². The predicted molar refractivity (Wildman–Crippen MR) is 55.8 cm³/mol. The third-order valence-electron chi connectivity index (χ3n) is 2.64. The van der Waals surface area contributed by atoms with E-state index in [2.05, 4.69) is 5.92 Å². The van der Waals surface area contributed by atoms with E-state index in [0.29, 0.717) is 5.56 Å². The maximum Gasteiger partial charge on any atom is 0.178 e. The highest BCUT2D eigenvalue weighted by Gasteiger charge is 2.38. The lowest BCUT2D eigenvalue weighted by Gasteiger charge is -2.29. The third-order valence-corrected chi connectivity index (χ3v) is 4.41. The van der Waals surface area contributed by atoms with Crippen LogP contribution < -0.4 is 0 Å². The highest BCUT2D eigenvalue weighted by atomic mass is 32.2. The predicted octanol–water partition coefficient (Wildman–Crippen LogP) is 0.685. The number of hydrogen-bond acceptors (Lipinski definition) is 3. The third kappa shape index (κ3) is 1.44. The van der Waals surface area contributed by atoms with Gasteiger partial charge in [-0.25, -0.2) is 8.42 Å². The Labute approximate surface area is 88.7 Å². The van der Waals surface area contributed by atoms with E-state index in [1.54, 1.807) is 18.2 Å². The SMILES string of the molecule is C#CC1(O)CCS(=O)(=O)c2ccccc21. The van der Waals surface area contributed by atoms with Crippen LogP contribution in [0, 0.1) is 12.3 Å². The number of hydrogen-bond donors (Lipinski definition) is 1. The van der Waals surface area contributed by atoms with E-state index in [1.807, 2.05) is 0 Å². The van der Waals surface area contributed by atoms with Crippen molar-refractivity contribution < 1.29 is 13.5 Å². The first-order chi connectivity index (χ1) is 6.99. The Morgan fingerprint density at radius 3 is 2.73 bits per heavy atom. The van der Waals surface area contributed by atoms with Crippen molar-refractivity contribution >= 4 is 9.84 Å². The molecule has 1 aliphatic heterocycles. The second kappa shape index (κ2) is 3.09. The fourth-order valence-electron chi connectivity index (χ4n) is 1.76. The summed E-state index contributed by atoms with van der Waals surface area (Å²) in [5.74, 6) is 2.16. The largest absolute Gasteiger partial charge is 0.373 e. The summed E-state index contributed by atoms with van der Waals surface area (Å²) in [5, 5.41) is 10.1. The zero-order valence-corrected chi connectivity index (χ0v) is 8.79. The zero-order valence-electron chi connectivity index (χ0n) is 7.97. The molecule has 0 saturated heterocycles. The van der Waals surface area contributed by atoms with Crippen LogP contribution in [0.25, 0.3) is 0 Å². The van der Waals surface area contributed by atoms with Crippen LogP contribution in [0.1, 0.15) is 12.0 Å². The number of sulfone groups is 1. The van der Waals surface area contributed by atoms with Crippen molar-refractivity contribution in [2.75, 3.05) is 5.75 Å². The molecule has 1 N–H and O–H groups in total. The standard InChI is InChI=1S/C11H10O3S/c1-2-11(12)7-8-15(13,14)10-6-4-3-5-9(10)11/h1,3-6,12H,7-8H2. The molecular formula is C11H10O3S. The van der Waals surface area contributed by atoms with Crippen LogP contribution in [0.3, 0.4) is 0 Å². The van der Waals surface area contributed by atoms with Gasteiger partial charge in [0.1, 0.15) is 0 Å². The second-order valence-corrected chi connectivity index (χ2v) is 5.65. The van der Waals surface area contributed by atoms with Gasteiger partial charge >= 0.3 is 0 Å². The second-order valence-electron chi connectivity index (χ2n) is 3.57. The first-order valence-electron chi connectivity index (χ1n) is 4.52. The summed E-state index contributed by atoms with van der Waals surface area (Å²) in [4.78, 5) is 0.150. The molecule has 1 atom stereocenters. The molecule has 0 amide bonds. The Morgan fingerprint density at radius 1 is 1.40 bits per heavy atom. The number of fused-ring (bicyclic) bond motifs is 1. The van der Waals surface area contributed by atoms with Gasteiger partial charge in [0.15, 0.2) is 15.4 Å². The summed E-state index contributed by atoms with van der Waals surface area (Å²) < 4.78 is 23.4. The van der Waals surface area contributed by atoms with Gasteiger partial charge in [0.05, 0.1) is 10.6 Å². The van der Waals surface area contributed by atoms with Gasteiger partial charge in [-0.15, -0.1) is 6.42 Å². The molecule has 1 aromatic carbocycles. The number of terminal acetylenes is 1. The van der Waals surface area contributed by atoms with Crippen LogP contribution in [0.5, 0.6) is 0 Å².